The van der Waals surface area contributed by atoms with Crippen molar-refractivity contribution in [2.24, 2.45) is 11.8 Å². The zero-order valence-corrected chi connectivity index (χ0v) is 20.7. The third-order valence-corrected chi connectivity index (χ3v) is 8.72. The normalized spacial score (nSPS) is 23.2. The van der Waals surface area contributed by atoms with E-state index in [1.165, 1.54) is 4.31 Å². The summed E-state index contributed by atoms with van der Waals surface area (Å²) in [5.74, 6) is 0.601. The van der Waals surface area contributed by atoms with E-state index >= 15 is 0 Å². The number of benzene rings is 1. The Morgan fingerprint density at radius 2 is 2.06 bits per heavy atom. The summed E-state index contributed by atoms with van der Waals surface area (Å²) >= 11 is 0. The van der Waals surface area contributed by atoms with Gasteiger partial charge in [-0.25, -0.2) is 8.42 Å². The minimum absolute atomic E-state index is 0.0595. The first-order valence-corrected chi connectivity index (χ1v) is 13.2. The molecule has 1 amide bonds. The Bertz CT molecular complexity index is 1120. The molecule has 1 aromatic heterocycles. The molecule has 184 valence electrons. The van der Waals surface area contributed by atoms with Gasteiger partial charge in [-0.05, 0) is 49.4 Å². The summed E-state index contributed by atoms with van der Waals surface area (Å²) in [7, 11) is -2.13. The molecule has 0 radical (unpaired) electrons. The van der Waals surface area contributed by atoms with E-state index < -0.39 is 22.2 Å². The fourth-order valence-corrected chi connectivity index (χ4v) is 6.08. The highest BCUT2D eigenvalue weighted by atomic mass is 32.2. The highest BCUT2D eigenvalue weighted by Gasteiger charge is 2.38. The number of aromatic nitrogens is 1. The SMILES string of the molecule is C[C@@H]1CN([C@H](C)CO)S(=O)(=O)c2ccc(-c3cccnc3)cc2O[C@H]1CN(C)C(=O)CC1CC1. The van der Waals surface area contributed by atoms with Crippen LogP contribution in [0.5, 0.6) is 5.75 Å². The fraction of sp³-hybridized carbons (Fsp3) is 0.520. The van der Waals surface area contributed by atoms with Gasteiger partial charge in [-0.2, -0.15) is 4.31 Å². The van der Waals surface area contributed by atoms with Gasteiger partial charge in [0.15, 0.2) is 0 Å². The Kier molecular flexibility index (Phi) is 7.25. The Morgan fingerprint density at radius 1 is 1.29 bits per heavy atom. The van der Waals surface area contributed by atoms with Gasteiger partial charge in [0.1, 0.15) is 16.7 Å². The van der Waals surface area contributed by atoms with Crippen LogP contribution in [0.3, 0.4) is 0 Å². The molecule has 0 saturated heterocycles. The number of rotatable bonds is 7. The van der Waals surface area contributed by atoms with Crippen molar-refractivity contribution in [2.75, 3.05) is 26.7 Å². The number of nitrogens with zero attached hydrogens (tertiary/aromatic N) is 3. The molecule has 1 aromatic carbocycles. The van der Waals surface area contributed by atoms with E-state index in [9.17, 15) is 18.3 Å². The molecule has 0 spiro atoms. The van der Waals surface area contributed by atoms with Gasteiger partial charge in [0.2, 0.25) is 15.9 Å². The lowest BCUT2D eigenvalue weighted by Gasteiger charge is -2.37. The highest BCUT2D eigenvalue weighted by Crippen LogP contribution is 2.37. The number of fused-ring (bicyclic) bond motifs is 1. The molecule has 3 atom stereocenters. The second kappa shape index (κ2) is 10.0. The maximum Gasteiger partial charge on any atom is 0.247 e. The summed E-state index contributed by atoms with van der Waals surface area (Å²) in [6.45, 7) is 3.86. The van der Waals surface area contributed by atoms with E-state index in [1.807, 2.05) is 19.1 Å². The lowest BCUT2D eigenvalue weighted by atomic mass is 10.0. The van der Waals surface area contributed by atoms with Crippen molar-refractivity contribution in [3.8, 4) is 16.9 Å². The first kappa shape index (κ1) is 24.6. The van der Waals surface area contributed by atoms with Crippen molar-refractivity contribution in [2.45, 2.75) is 50.2 Å². The smallest absolute Gasteiger partial charge is 0.247 e. The number of sulfonamides is 1. The van der Waals surface area contributed by atoms with Crippen molar-refractivity contribution < 1.29 is 23.1 Å². The maximum atomic E-state index is 13.6. The minimum Gasteiger partial charge on any atom is -0.487 e. The van der Waals surface area contributed by atoms with Gasteiger partial charge in [-0.1, -0.05) is 19.1 Å². The molecule has 0 bridgehead atoms. The molecule has 1 aliphatic carbocycles. The molecule has 1 saturated carbocycles. The van der Waals surface area contributed by atoms with E-state index in [-0.39, 0.29) is 35.6 Å². The van der Waals surface area contributed by atoms with Gasteiger partial charge in [0, 0.05) is 49.9 Å². The second-order valence-corrected chi connectivity index (χ2v) is 11.4. The van der Waals surface area contributed by atoms with Crippen LogP contribution in [0, 0.1) is 11.8 Å². The van der Waals surface area contributed by atoms with Crippen LogP contribution in [0.1, 0.15) is 33.1 Å². The number of carbonyl (C=O) groups excluding carboxylic acids is 1. The zero-order valence-electron chi connectivity index (χ0n) is 19.9. The van der Waals surface area contributed by atoms with E-state index in [4.69, 9.17) is 4.74 Å². The number of aliphatic hydroxyl groups excluding tert-OH is 1. The Morgan fingerprint density at radius 3 is 2.71 bits per heavy atom. The van der Waals surface area contributed by atoms with Crippen LogP contribution in [0.15, 0.2) is 47.6 Å². The van der Waals surface area contributed by atoms with Crippen LogP contribution >= 0.6 is 0 Å². The lowest BCUT2D eigenvalue weighted by Crippen LogP contribution is -2.50. The standard InChI is InChI=1S/C25H33N3O5S/c1-17-14-28(18(2)16-29)34(31,32)24-9-8-20(21-5-4-10-26-13-21)12-22(24)33-23(17)15-27(3)25(30)11-19-6-7-19/h4-5,8-10,12-13,17-19,23,29H,6-7,11,14-16H2,1-3H3/t17-,18-,23+/m1/s1. The largest absolute Gasteiger partial charge is 0.487 e. The number of hydrogen-bond acceptors (Lipinski definition) is 6. The van der Waals surface area contributed by atoms with Crippen LogP contribution in [-0.4, -0.2) is 72.5 Å². The summed E-state index contributed by atoms with van der Waals surface area (Å²) in [6, 6.07) is 8.15. The predicted molar refractivity (Wildman–Crippen MR) is 129 cm³/mol. The van der Waals surface area contributed by atoms with Gasteiger partial charge in [0.25, 0.3) is 0 Å². The lowest BCUT2D eigenvalue weighted by molar-refractivity contribution is -0.131. The molecule has 9 heteroatoms. The number of amides is 1. The van der Waals surface area contributed by atoms with Gasteiger partial charge in [-0.3, -0.25) is 9.78 Å². The fourth-order valence-electron chi connectivity index (χ4n) is 4.25. The van der Waals surface area contributed by atoms with Crippen molar-refractivity contribution in [1.82, 2.24) is 14.2 Å². The third kappa shape index (κ3) is 5.26. The first-order chi connectivity index (χ1) is 16.2. The summed E-state index contributed by atoms with van der Waals surface area (Å²) in [5, 5.41) is 9.79. The second-order valence-electron chi connectivity index (χ2n) is 9.56. The van der Waals surface area contributed by atoms with E-state index in [0.717, 1.165) is 24.0 Å². The van der Waals surface area contributed by atoms with Crippen molar-refractivity contribution in [3.05, 3.63) is 42.7 Å². The number of ether oxygens (including phenoxy) is 1. The van der Waals surface area contributed by atoms with Crippen molar-refractivity contribution >= 4 is 15.9 Å². The molecule has 1 aliphatic heterocycles. The van der Waals surface area contributed by atoms with Crippen LogP contribution in [0.2, 0.25) is 0 Å². The predicted octanol–water partition coefficient (Wildman–Crippen LogP) is 2.78. The molecular formula is C25H33N3O5S. The Hall–Kier alpha value is -2.49. The molecule has 0 unspecified atom stereocenters. The van der Waals surface area contributed by atoms with E-state index in [0.29, 0.717) is 18.9 Å². The topological polar surface area (TPSA) is 100 Å². The summed E-state index contributed by atoms with van der Waals surface area (Å²) in [4.78, 5) is 18.6. The monoisotopic (exact) mass is 487 g/mol. The Balaban J connectivity index is 1.72. The van der Waals surface area contributed by atoms with Crippen LogP contribution in [-0.2, 0) is 14.8 Å². The summed E-state index contributed by atoms with van der Waals surface area (Å²) in [5.41, 5.74) is 1.63. The van der Waals surface area contributed by atoms with E-state index in [2.05, 4.69) is 4.98 Å². The number of carbonyl (C=O) groups is 1. The Labute approximate surface area is 201 Å². The number of likely N-dealkylation sites (N-methyl/N-ethyl adjacent to an activating group) is 1. The molecular weight excluding hydrogens is 454 g/mol. The van der Waals surface area contributed by atoms with Gasteiger partial charge in [-0.15, -0.1) is 0 Å². The molecule has 8 nitrogen and oxygen atoms in total. The quantitative estimate of drug-likeness (QED) is 0.645. The molecule has 2 heterocycles. The van der Waals surface area contributed by atoms with Crippen molar-refractivity contribution in [3.63, 3.8) is 0 Å². The molecule has 2 aromatic rings. The molecule has 34 heavy (non-hydrogen) atoms. The number of pyridine rings is 1. The number of aliphatic hydroxyl groups is 1. The van der Waals surface area contributed by atoms with Crippen molar-refractivity contribution in [1.29, 1.82) is 0 Å². The molecule has 1 fully saturated rings. The molecule has 4 rings (SSSR count). The summed E-state index contributed by atoms with van der Waals surface area (Å²) < 4.78 is 34.9. The van der Waals surface area contributed by atoms with Crippen LogP contribution in [0.4, 0.5) is 0 Å². The van der Waals surface area contributed by atoms with Crippen LogP contribution < -0.4 is 4.74 Å². The van der Waals surface area contributed by atoms with Crippen LogP contribution in [0.25, 0.3) is 11.1 Å². The average Bonchev–Trinajstić information content (AvgIpc) is 3.65. The van der Waals surface area contributed by atoms with Gasteiger partial charge in [0.05, 0.1) is 13.2 Å². The third-order valence-electron chi connectivity index (χ3n) is 6.70. The first-order valence-electron chi connectivity index (χ1n) is 11.8. The summed E-state index contributed by atoms with van der Waals surface area (Å²) in [6.07, 6.45) is 5.72. The molecule has 2 aliphatic rings. The van der Waals surface area contributed by atoms with E-state index in [1.54, 1.807) is 49.5 Å². The minimum atomic E-state index is -3.91. The van der Waals surface area contributed by atoms with Gasteiger partial charge < -0.3 is 14.7 Å². The average molecular weight is 488 g/mol. The number of hydrogen-bond donors (Lipinski definition) is 1. The highest BCUT2D eigenvalue weighted by molar-refractivity contribution is 7.89. The molecule has 1 N–H and O–H groups in total. The zero-order chi connectivity index (χ0) is 24.5. The van der Waals surface area contributed by atoms with Gasteiger partial charge >= 0.3 is 0 Å². The maximum absolute atomic E-state index is 13.6.